The monoisotopic (exact) mass is 1060 g/mol. The molecule has 1 atom stereocenters. The topological polar surface area (TPSA) is 18.5 Å². The summed E-state index contributed by atoms with van der Waals surface area (Å²) in [5, 5.41) is 10.4. The van der Waals surface area contributed by atoms with Crippen LogP contribution in [0.2, 0.25) is 0 Å². The van der Waals surface area contributed by atoms with Gasteiger partial charge in [-0.2, -0.15) is 0 Å². The SMILES string of the molecule is CC(C)(C)c1cc(Pc2cc(C(C)(C)C)cc3c2Oc2c(cc(C(C)(C)C)cc2[PH](C)(c2ccccc2)c2ccccc2)C3(C)C)c2c(c1)C(C)(C)c1cc(C(C)(C)C)cc(P(c3ccccc3)c3ccccc3)c1O2. The van der Waals surface area contributed by atoms with Crippen molar-refractivity contribution < 1.29 is 9.47 Å². The third-order valence-electron chi connectivity index (χ3n) is 16.7. The Balaban J connectivity index is 1.23. The molecule has 0 amide bonds. The Labute approximate surface area is 460 Å². The number of benzene rings is 8. The summed E-state index contributed by atoms with van der Waals surface area (Å²) in [6, 6.07) is 64.7. The zero-order valence-corrected chi connectivity index (χ0v) is 51.3. The van der Waals surface area contributed by atoms with E-state index < -0.39 is 20.6 Å². The molecule has 0 saturated carbocycles. The molecular weight excluding hydrogens is 978 g/mol. The average molecular weight is 1060 g/mol. The summed E-state index contributed by atoms with van der Waals surface area (Å²) in [6.07, 6.45) is 0. The van der Waals surface area contributed by atoms with Crippen LogP contribution < -0.4 is 51.9 Å². The Morgan fingerprint density at radius 1 is 0.382 bits per heavy atom. The molecule has 0 aliphatic carbocycles. The van der Waals surface area contributed by atoms with Crippen molar-refractivity contribution in [1.82, 2.24) is 0 Å². The first kappa shape index (κ1) is 54.0. The predicted molar refractivity (Wildman–Crippen MR) is 337 cm³/mol. The van der Waals surface area contributed by atoms with E-state index in [9.17, 15) is 0 Å². The van der Waals surface area contributed by atoms with Crippen LogP contribution in [0.3, 0.4) is 0 Å². The summed E-state index contributed by atoms with van der Waals surface area (Å²) in [6.45, 7) is 40.6. The molecule has 2 heterocycles. The molecule has 2 nitrogen and oxygen atoms in total. The molecule has 10 rings (SSSR count). The summed E-state index contributed by atoms with van der Waals surface area (Å²) in [5.41, 5.74) is 9.09. The normalized spacial score (nSPS) is 15.3. The summed E-state index contributed by atoms with van der Waals surface area (Å²) in [5.74, 6) is 4.00. The van der Waals surface area contributed by atoms with Crippen molar-refractivity contribution in [2.24, 2.45) is 0 Å². The fourth-order valence-corrected chi connectivity index (χ4v) is 19.0. The molecule has 2 aliphatic heterocycles. The zero-order valence-electron chi connectivity index (χ0n) is 48.4. The molecule has 0 aromatic heterocycles. The molecule has 8 aromatic carbocycles. The standard InChI is InChI=1S/C71H81O2P3/c1-66(2,3)46-38-54-62(72-64-56(70(54,13)14)40-48(68(7,8)9)44-60(64)75(50-30-22-18-23-31-50)51-32-24-19-25-33-51)58(42-46)74-59-43-47(67(4,5)6)39-55-63(59)73-65-57(71(55,15)16)41-49(69(10,11)12)45-61(65)76(17,52-34-26-20-27-35-52)53-36-28-21-29-37-53/h18-45,74,76H,1-17H3. The fourth-order valence-electron chi connectivity index (χ4n) is 11.5. The molecule has 8 aromatic rings. The van der Waals surface area contributed by atoms with Crippen LogP contribution in [0.25, 0.3) is 0 Å². The van der Waals surface area contributed by atoms with Crippen LogP contribution in [0.4, 0.5) is 0 Å². The van der Waals surface area contributed by atoms with Crippen molar-refractivity contribution in [2.75, 3.05) is 6.66 Å². The second-order valence-electron chi connectivity index (χ2n) is 27.0. The maximum absolute atomic E-state index is 7.91. The third-order valence-corrected chi connectivity index (χ3v) is 24.8. The van der Waals surface area contributed by atoms with Gasteiger partial charge in [0.05, 0.1) is 0 Å². The Morgan fingerprint density at radius 3 is 1.08 bits per heavy atom. The van der Waals surface area contributed by atoms with E-state index in [0.717, 1.165) is 23.0 Å². The second-order valence-corrected chi connectivity index (χ2v) is 34.5. The molecule has 0 bridgehead atoms. The van der Waals surface area contributed by atoms with Crippen LogP contribution in [0.5, 0.6) is 23.0 Å². The third kappa shape index (κ3) is 9.63. The van der Waals surface area contributed by atoms with E-state index in [-0.39, 0.29) is 35.7 Å². The van der Waals surface area contributed by atoms with Crippen molar-refractivity contribution in [2.45, 2.75) is 143 Å². The first-order valence-electron chi connectivity index (χ1n) is 27.5. The van der Waals surface area contributed by atoms with Gasteiger partial charge < -0.3 is 0 Å². The van der Waals surface area contributed by atoms with Crippen LogP contribution in [-0.2, 0) is 32.5 Å². The Kier molecular flexibility index (Phi) is 13.7. The van der Waals surface area contributed by atoms with Gasteiger partial charge in [0.1, 0.15) is 0 Å². The molecule has 5 heteroatoms. The van der Waals surface area contributed by atoms with Gasteiger partial charge in [0, 0.05) is 0 Å². The van der Waals surface area contributed by atoms with Gasteiger partial charge in [-0.05, 0) is 21.6 Å². The first-order valence-corrected chi connectivity index (χ1v) is 32.3. The van der Waals surface area contributed by atoms with E-state index in [0.29, 0.717) is 0 Å². The molecule has 0 saturated heterocycles. The van der Waals surface area contributed by atoms with Crippen molar-refractivity contribution >= 4 is 66.2 Å². The van der Waals surface area contributed by atoms with Gasteiger partial charge in [0.15, 0.2) is 0 Å². The van der Waals surface area contributed by atoms with Gasteiger partial charge in [0.25, 0.3) is 0 Å². The van der Waals surface area contributed by atoms with Crippen molar-refractivity contribution in [3.05, 3.63) is 214 Å². The fraction of sp³-hybridized carbons (Fsp3) is 0.324. The average Bonchev–Trinajstić information content (AvgIpc) is 3.37. The van der Waals surface area contributed by atoms with Crippen LogP contribution >= 0.6 is 23.8 Å². The molecule has 392 valence electrons. The Morgan fingerprint density at radius 2 is 0.697 bits per heavy atom. The quantitative estimate of drug-likeness (QED) is 0.141. The van der Waals surface area contributed by atoms with Gasteiger partial charge in [-0.15, -0.1) is 0 Å². The van der Waals surface area contributed by atoms with Gasteiger partial charge in [-0.25, -0.2) is 0 Å². The first-order chi connectivity index (χ1) is 35.6. The van der Waals surface area contributed by atoms with E-state index in [1.807, 2.05) is 0 Å². The number of ether oxygens (including phenoxy) is 2. The van der Waals surface area contributed by atoms with Crippen molar-refractivity contribution in [3.8, 4) is 23.0 Å². The van der Waals surface area contributed by atoms with Gasteiger partial charge in [-0.3, -0.25) is 0 Å². The van der Waals surface area contributed by atoms with E-state index in [1.54, 1.807) is 0 Å². The Hall–Kier alpha value is -5.35. The van der Waals surface area contributed by atoms with Crippen LogP contribution in [0.15, 0.2) is 170 Å². The van der Waals surface area contributed by atoms with E-state index in [2.05, 4.69) is 287 Å². The van der Waals surface area contributed by atoms with Gasteiger partial charge in [0.2, 0.25) is 0 Å². The molecule has 0 N–H and O–H groups in total. The predicted octanol–water partition coefficient (Wildman–Crippen LogP) is 15.8. The number of rotatable bonds is 8. The number of hydrogen-bond acceptors (Lipinski definition) is 2. The molecule has 0 spiro atoms. The van der Waals surface area contributed by atoms with Crippen molar-refractivity contribution in [1.29, 1.82) is 0 Å². The van der Waals surface area contributed by atoms with Crippen LogP contribution in [0, 0.1) is 0 Å². The summed E-state index contributed by atoms with van der Waals surface area (Å²) in [4.78, 5) is 0. The van der Waals surface area contributed by atoms with Crippen LogP contribution in [0.1, 0.15) is 155 Å². The molecule has 1 unspecified atom stereocenters. The van der Waals surface area contributed by atoms with E-state index >= 15 is 0 Å². The number of hydrogen-bond donors (Lipinski definition) is 0. The second kappa shape index (κ2) is 19.2. The molecule has 0 fully saturated rings. The molecule has 0 radical (unpaired) electrons. The van der Waals surface area contributed by atoms with E-state index in [1.165, 1.54) is 86.9 Å². The van der Waals surface area contributed by atoms with Gasteiger partial charge in [-0.1, -0.05) is 81.4 Å². The van der Waals surface area contributed by atoms with Crippen LogP contribution in [-0.4, -0.2) is 6.66 Å². The molecular formula is C71H81O2P3. The number of fused-ring (bicyclic) bond motifs is 4. The molecule has 2 aliphatic rings. The van der Waals surface area contributed by atoms with Crippen molar-refractivity contribution in [3.63, 3.8) is 0 Å². The maximum atomic E-state index is 7.91. The zero-order chi connectivity index (χ0) is 54.5. The minimum atomic E-state index is -2.70. The van der Waals surface area contributed by atoms with E-state index in [4.69, 9.17) is 9.47 Å². The minimum absolute atomic E-state index is 0.0891. The Bertz CT molecular complexity index is 3390. The summed E-state index contributed by atoms with van der Waals surface area (Å²) < 4.78 is 15.7. The molecule has 76 heavy (non-hydrogen) atoms. The van der Waals surface area contributed by atoms with Gasteiger partial charge >= 0.3 is 360 Å². The summed E-state index contributed by atoms with van der Waals surface area (Å²) >= 11 is 0. The summed E-state index contributed by atoms with van der Waals surface area (Å²) in [7, 11) is -3.45.